The van der Waals surface area contributed by atoms with Gasteiger partial charge in [-0.3, -0.25) is 0 Å². The highest BCUT2D eigenvalue weighted by Crippen LogP contribution is 2.38. The highest BCUT2D eigenvalue weighted by molar-refractivity contribution is 7.12. The number of benzene rings is 1. The summed E-state index contributed by atoms with van der Waals surface area (Å²) < 4.78 is 51.2. The quantitative estimate of drug-likeness (QED) is 0.495. The Labute approximate surface area is 123 Å². The number of alkyl halides is 4. The van der Waals surface area contributed by atoms with Crippen LogP contribution >= 0.6 is 22.9 Å². The maximum atomic E-state index is 13.2. The monoisotopic (exact) mass is 322 g/mol. The molecule has 0 saturated carbocycles. The van der Waals surface area contributed by atoms with E-state index in [1.54, 1.807) is 6.07 Å². The normalized spacial score (nSPS) is 13.5. The summed E-state index contributed by atoms with van der Waals surface area (Å²) in [4.78, 5) is 1.85. The first-order valence-electron chi connectivity index (χ1n) is 5.92. The largest absolute Gasteiger partial charge is 0.419 e. The van der Waals surface area contributed by atoms with Gasteiger partial charge in [-0.1, -0.05) is 13.0 Å². The Kier molecular flexibility index (Phi) is 4.39. The van der Waals surface area contributed by atoms with Crippen LogP contribution < -0.4 is 0 Å². The molecule has 0 amide bonds. The van der Waals surface area contributed by atoms with Crippen LogP contribution in [0.25, 0.3) is 0 Å². The van der Waals surface area contributed by atoms with Crippen LogP contribution in [-0.4, -0.2) is 0 Å². The van der Waals surface area contributed by atoms with E-state index in [1.807, 2.05) is 13.0 Å². The molecule has 0 N–H and O–H groups in total. The standard InChI is InChI=1S/C14H11ClF4S/c1-2-9-4-6-12(20-9)13(15)8-3-5-11(16)10(7-8)14(17,18)19/h3-7,13H,2H2,1H3. The van der Waals surface area contributed by atoms with Crippen LogP contribution in [0.3, 0.4) is 0 Å². The molecule has 0 spiro atoms. The van der Waals surface area contributed by atoms with E-state index in [2.05, 4.69) is 0 Å². The Hall–Kier alpha value is -1.07. The van der Waals surface area contributed by atoms with Crippen LogP contribution in [0.2, 0.25) is 0 Å². The predicted octanol–water partition coefficient (Wildman–Crippen LogP) is 5.80. The van der Waals surface area contributed by atoms with E-state index in [-0.39, 0.29) is 5.56 Å². The molecule has 20 heavy (non-hydrogen) atoms. The summed E-state index contributed by atoms with van der Waals surface area (Å²) in [6.45, 7) is 1.98. The average Bonchev–Trinajstić information content (AvgIpc) is 2.86. The zero-order chi connectivity index (χ0) is 14.9. The lowest BCUT2D eigenvalue weighted by atomic mass is 10.1. The molecule has 108 valence electrons. The lowest BCUT2D eigenvalue weighted by Gasteiger charge is -2.12. The summed E-state index contributed by atoms with van der Waals surface area (Å²) in [7, 11) is 0. The molecule has 1 aromatic carbocycles. The van der Waals surface area contributed by atoms with Gasteiger partial charge in [0.15, 0.2) is 0 Å². The number of aryl methyl sites for hydroxylation is 1. The molecule has 1 heterocycles. The Morgan fingerprint density at radius 1 is 1.20 bits per heavy atom. The maximum absolute atomic E-state index is 13.2. The first-order valence-corrected chi connectivity index (χ1v) is 7.17. The van der Waals surface area contributed by atoms with E-state index in [9.17, 15) is 17.6 Å². The van der Waals surface area contributed by atoms with Crippen LogP contribution in [0.4, 0.5) is 17.6 Å². The summed E-state index contributed by atoms with van der Waals surface area (Å²) in [5, 5.41) is -0.706. The minimum Gasteiger partial charge on any atom is -0.206 e. The van der Waals surface area contributed by atoms with Crippen LogP contribution in [0.15, 0.2) is 30.3 Å². The third kappa shape index (κ3) is 3.15. The Morgan fingerprint density at radius 2 is 1.90 bits per heavy atom. The fourth-order valence-corrected chi connectivity index (χ4v) is 3.10. The molecule has 0 aliphatic carbocycles. The summed E-state index contributed by atoms with van der Waals surface area (Å²) in [5.41, 5.74) is -1.04. The molecule has 1 aromatic heterocycles. The topological polar surface area (TPSA) is 0 Å². The zero-order valence-corrected chi connectivity index (χ0v) is 12.0. The van der Waals surface area contributed by atoms with Gasteiger partial charge in [0, 0.05) is 9.75 Å². The van der Waals surface area contributed by atoms with E-state index in [0.717, 1.165) is 28.3 Å². The molecule has 0 nitrogen and oxygen atoms in total. The van der Waals surface area contributed by atoms with E-state index in [0.29, 0.717) is 0 Å². The van der Waals surface area contributed by atoms with Gasteiger partial charge in [-0.25, -0.2) is 4.39 Å². The van der Waals surface area contributed by atoms with Gasteiger partial charge in [0.05, 0.1) is 10.9 Å². The minimum atomic E-state index is -4.72. The Morgan fingerprint density at radius 3 is 2.45 bits per heavy atom. The van der Waals surface area contributed by atoms with Crippen molar-refractivity contribution in [2.45, 2.75) is 24.9 Å². The molecular formula is C14H11ClF4S. The summed E-state index contributed by atoms with van der Waals surface area (Å²) in [6.07, 6.45) is -3.88. The molecule has 1 atom stereocenters. The predicted molar refractivity (Wildman–Crippen MR) is 72.8 cm³/mol. The smallest absolute Gasteiger partial charge is 0.206 e. The van der Waals surface area contributed by atoms with Gasteiger partial charge in [0.25, 0.3) is 0 Å². The van der Waals surface area contributed by atoms with Crippen molar-refractivity contribution < 1.29 is 17.6 Å². The second-order valence-electron chi connectivity index (χ2n) is 4.26. The number of thiophene rings is 1. The van der Waals surface area contributed by atoms with Gasteiger partial charge in [-0.2, -0.15) is 13.2 Å². The van der Waals surface area contributed by atoms with Crippen LogP contribution in [0.1, 0.15) is 33.2 Å². The summed E-state index contributed by atoms with van der Waals surface area (Å²) >= 11 is 7.64. The number of hydrogen-bond donors (Lipinski definition) is 0. The van der Waals surface area contributed by atoms with Gasteiger partial charge in [-0.15, -0.1) is 22.9 Å². The third-order valence-corrected chi connectivity index (χ3v) is 4.78. The van der Waals surface area contributed by atoms with Crippen molar-refractivity contribution in [2.75, 3.05) is 0 Å². The highest BCUT2D eigenvalue weighted by atomic mass is 35.5. The molecule has 0 saturated heterocycles. The molecule has 2 rings (SSSR count). The molecule has 0 fully saturated rings. The Balaban J connectivity index is 2.37. The van der Waals surface area contributed by atoms with Gasteiger partial charge in [0.2, 0.25) is 0 Å². The fraction of sp³-hybridized carbons (Fsp3) is 0.286. The second-order valence-corrected chi connectivity index (χ2v) is 5.89. The zero-order valence-electron chi connectivity index (χ0n) is 10.5. The van der Waals surface area contributed by atoms with Crippen molar-refractivity contribution in [2.24, 2.45) is 0 Å². The number of hydrogen-bond acceptors (Lipinski definition) is 1. The van der Waals surface area contributed by atoms with Gasteiger partial charge < -0.3 is 0 Å². The van der Waals surface area contributed by atoms with Gasteiger partial charge in [-0.05, 0) is 36.2 Å². The van der Waals surface area contributed by atoms with E-state index in [4.69, 9.17) is 11.6 Å². The lowest BCUT2D eigenvalue weighted by molar-refractivity contribution is -0.140. The van der Waals surface area contributed by atoms with Crippen molar-refractivity contribution in [3.63, 3.8) is 0 Å². The second kappa shape index (κ2) is 5.74. The molecule has 2 aromatic rings. The van der Waals surface area contributed by atoms with Crippen molar-refractivity contribution >= 4 is 22.9 Å². The SMILES string of the molecule is CCc1ccc(C(Cl)c2ccc(F)c(C(F)(F)F)c2)s1. The number of halogens is 5. The minimum absolute atomic E-state index is 0.241. The first-order chi connectivity index (χ1) is 9.32. The first kappa shape index (κ1) is 15.3. The van der Waals surface area contributed by atoms with Crippen LogP contribution in [-0.2, 0) is 12.6 Å². The molecule has 0 aliphatic heterocycles. The van der Waals surface area contributed by atoms with Gasteiger partial charge in [0.1, 0.15) is 5.82 Å². The third-order valence-electron chi connectivity index (χ3n) is 2.87. The van der Waals surface area contributed by atoms with Crippen LogP contribution in [0.5, 0.6) is 0 Å². The fourth-order valence-electron chi connectivity index (χ4n) is 1.80. The number of rotatable bonds is 3. The van der Waals surface area contributed by atoms with Crippen molar-refractivity contribution in [3.8, 4) is 0 Å². The van der Waals surface area contributed by atoms with E-state index in [1.165, 1.54) is 17.4 Å². The maximum Gasteiger partial charge on any atom is 0.419 e. The molecule has 6 heteroatoms. The summed E-state index contributed by atoms with van der Waals surface area (Å²) in [5.74, 6) is -1.29. The molecule has 0 radical (unpaired) electrons. The highest BCUT2D eigenvalue weighted by Gasteiger charge is 2.34. The lowest BCUT2D eigenvalue weighted by Crippen LogP contribution is -2.09. The van der Waals surface area contributed by atoms with Crippen LogP contribution in [0, 0.1) is 5.82 Å². The summed E-state index contributed by atoms with van der Waals surface area (Å²) in [6, 6.07) is 6.55. The van der Waals surface area contributed by atoms with E-state index >= 15 is 0 Å². The molecule has 0 bridgehead atoms. The van der Waals surface area contributed by atoms with Crippen molar-refractivity contribution in [3.05, 3.63) is 57.0 Å². The Bertz CT molecular complexity index is 603. The van der Waals surface area contributed by atoms with Crippen molar-refractivity contribution in [1.82, 2.24) is 0 Å². The molecule has 0 aliphatic rings. The van der Waals surface area contributed by atoms with E-state index < -0.39 is 22.9 Å². The molecular weight excluding hydrogens is 312 g/mol. The van der Waals surface area contributed by atoms with Gasteiger partial charge >= 0.3 is 6.18 Å². The van der Waals surface area contributed by atoms with Crippen molar-refractivity contribution in [1.29, 1.82) is 0 Å². The molecule has 1 unspecified atom stereocenters. The average molecular weight is 323 g/mol.